The fraction of sp³-hybridized carbons (Fsp3) is 0.0353. The molecule has 18 rings (SSSR count). The lowest BCUT2D eigenvalue weighted by Gasteiger charge is -2.15. The Balaban J connectivity index is 0.000000144. The summed E-state index contributed by atoms with van der Waals surface area (Å²) in [6, 6.07) is 109. The van der Waals surface area contributed by atoms with Gasteiger partial charge in [-0.15, -0.1) is 0 Å². The van der Waals surface area contributed by atoms with Crippen molar-refractivity contribution >= 4 is 87.5 Å². The number of aryl methyl sites for hydroxylation is 2. The lowest BCUT2D eigenvalue weighted by atomic mass is 9.95. The number of hydrogen-bond donors (Lipinski definition) is 0. The molecule has 0 saturated carbocycles. The van der Waals surface area contributed by atoms with Gasteiger partial charge in [-0.05, 0) is 185 Å². The molecule has 0 spiro atoms. The topological polar surface area (TPSA) is 45.5 Å². The zero-order valence-corrected chi connectivity index (χ0v) is 50.4. The Kier molecular flexibility index (Phi) is 12.9. The molecule has 0 aliphatic rings. The van der Waals surface area contributed by atoms with Gasteiger partial charge in [0.15, 0.2) is 0 Å². The van der Waals surface area contributed by atoms with E-state index in [-0.39, 0.29) is 0 Å². The van der Waals surface area contributed by atoms with Crippen molar-refractivity contribution in [3.05, 3.63) is 338 Å². The van der Waals surface area contributed by atoms with Crippen LogP contribution in [0.5, 0.6) is 0 Å². The van der Waals surface area contributed by atoms with E-state index in [0.717, 1.165) is 39.9 Å². The zero-order valence-electron chi connectivity index (χ0n) is 50.4. The highest BCUT2D eigenvalue weighted by atomic mass is 15.0. The molecule has 18 aromatic rings. The van der Waals surface area contributed by atoms with E-state index in [4.69, 9.17) is 9.97 Å². The number of para-hydroxylation sites is 6. The Bertz CT molecular complexity index is 5230. The number of benzene rings is 12. The van der Waals surface area contributed by atoms with Crippen LogP contribution in [0.15, 0.2) is 316 Å². The summed E-state index contributed by atoms with van der Waals surface area (Å²) in [6.45, 7) is 4.41. The van der Waals surface area contributed by atoms with Crippen LogP contribution in [0.25, 0.3) is 144 Å². The van der Waals surface area contributed by atoms with Crippen molar-refractivity contribution in [3.8, 4) is 56.1 Å². The maximum Gasteiger partial charge on any atom is 0.0963 e. The first kappa shape index (κ1) is 53.4. The van der Waals surface area contributed by atoms with E-state index < -0.39 is 0 Å². The fourth-order valence-corrected chi connectivity index (χ4v) is 14.2. The molecule has 6 heteroatoms. The van der Waals surface area contributed by atoms with Crippen molar-refractivity contribution in [3.63, 3.8) is 0 Å². The molecule has 0 saturated heterocycles. The molecule has 6 heterocycles. The first-order valence-corrected chi connectivity index (χ1v) is 31.2. The van der Waals surface area contributed by atoms with Crippen LogP contribution in [0.1, 0.15) is 22.3 Å². The third-order valence-corrected chi connectivity index (χ3v) is 18.5. The fourth-order valence-electron chi connectivity index (χ4n) is 14.2. The van der Waals surface area contributed by atoms with E-state index >= 15 is 0 Å². The van der Waals surface area contributed by atoms with Crippen molar-refractivity contribution in [1.82, 2.24) is 28.2 Å². The van der Waals surface area contributed by atoms with Crippen LogP contribution in [0.3, 0.4) is 0 Å². The molecule has 0 radical (unpaired) electrons. The maximum absolute atomic E-state index is 4.70. The molecular weight excluding hydrogens is 1100 g/mol. The van der Waals surface area contributed by atoms with Gasteiger partial charge in [0.25, 0.3) is 0 Å². The van der Waals surface area contributed by atoms with Crippen molar-refractivity contribution in [2.24, 2.45) is 0 Å². The van der Waals surface area contributed by atoms with E-state index in [9.17, 15) is 0 Å². The Morgan fingerprint density at radius 1 is 0.242 bits per heavy atom. The zero-order chi connectivity index (χ0) is 60.5. The number of pyridine rings is 2. The number of rotatable bonds is 9. The predicted octanol–water partition coefficient (Wildman–Crippen LogP) is 21.8. The van der Waals surface area contributed by atoms with E-state index in [1.54, 1.807) is 0 Å². The van der Waals surface area contributed by atoms with Crippen molar-refractivity contribution in [2.45, 2.75) is 20.3 Å². The second kappa shape index (κ2) is 22.1. The van der Waals surface area contributed by atoms with Gasteiger partial charge in [-0.3, -0.25) is 9.97 Å². The number of fused-ring (bicyclic) bond motifs is 12. The summed E-state index contributed by atoms with van der Waals surface area (Å²) >= 11 is 0. The third kappa shape index (κ3) is 9.18. The van der Waals surface area contributed by atoms with Gasteiger partial charge in [0.2, 0.25) is 0 Å². The quantitative estimate of drug-likeness (QED) is 0.145. The van der Waals surface area contributed by atoms with E-state index in [2.05, 4.69) is 323 Å². The molecule has 430 valence electrons. The molecule has 0 fully saturated rings. The smallest absolute Gasteiger partial charge is 0.0963 e. The summed E-state index contributed by atoms with van der Waals surface area (Å²) in [5.74, 6) is 0. The van der Waals surface area contributed by atoms with Crippen LogP contribution >= 0.6 is 0 Å². The Hall–Kier alpha value is -11.9. The van der Waals surface area contributed by atoms with E-state index in [0.29, 0.717) is 0 Å². The molecule has 0 atom stereocenters. The van der Waals surface area contributed by atoms with Crippen LogP contribution in [-0.4, -0.2) is 28.2 Å². The average molecular weight is 1170 g/mol. The molecule has 91 heavy (non-hydrogen) atoms. The van der Waals surface area contributed by atoms with Crippen molar-refractivity contribution < 1.29 is 0 Å². The lowest BCUT2D eigenvalue weighted by molar-refractivity contribution is 1.16. The Morgan fingerprint density at radius 2 is 0.505 bits per heavy atom. The molecular formula is C85H60N6. The number of aromatic nitrogens is 6. The highest BCUT2D eigenvalue weighted by molar-refractivity contribution is 6.11. The van der Waals surface area contributed by atoms with Crippen molar-refractivity contribution in [1.29, 1.82) is 0 Å². The molecule has 12 aromatic carbocycles. The molecule has 0 aliphatic carbocycles. The minimum atomic E-state index is 0.903. The van der Waals surface area contributed by atoms with Gasteiger partial charge < -0.3 is 18.3 Å². The van der Waals surface area contributed by atoms with Crippen molar-refractivity contribution in [2.75, 3.05) is 0 Å². The molecule has 0 bridgehead atoms. The summed E-state index contributed by atoms with van der Waals surface area (Å²) in [4.78, 5) is 9.39. The lowest BCUT2D eigenvalue weighted by Crippen LogP contribution is -1.98. The molecule has 0 aliphatic heterocycles. The van der Waals surface area contributed by atoms with Gasteiger partial charge in [0.05, 0.1) is 55.2 Å². The maximum atomic E-state index is 4.70. The van der Waals surface area contributed by atoms with Gasteiger partial charge in [-0.2, -0.15) is 0 Å². The highest BCUT2D eigenvalue weighted by Crippen LogP contribution is 2.39. The number of nitrogens with zero attached hydrogens (tertiary/aromatic N) is 6. The molecule has 0 amide bonds. The van der Waals surface area contributed by atoms with Crippen LogP contribution < -0.4 is 0 Å². The standard InChI is InChI=1S/C49H34N2.C36H26N4/c1-5-13-46-42(9-1)43-10-2-6-14-47(43)50(46)40-29-25-38(26-30-40)36-21-17-34(18-22-36)33-35-19-23-37(24-20-35)39-27-31-41(32-28-39)51-48-15-7-3-11-44(48)45-12-4-8-16-49(45)51;1-23-21-25(39-31-11-5-3-9-29(31)35-33(39)13-7-19-37-35)15-17-27(23)28-18-16-26(22-24(28)2)40-32-12-6-4-10-30(32)36-34(40)14-8-20-38-36/h1-32H,33H2;3-22H,1-2H3. The second-order valence-corrected chi connectivity index (χ2v) is 23.8. The summed E-state index contributed by atoms with van der Waals surface area (Å²) in [6.07, 6.45) is 4.64. The summed E-state index contributed by atoms with van der Waals surface area (Å²) in [7, 11) is 0. The largest absolute Gasteiger partial charge is 0.309 e. The SMILES string of the molecule is Cc1cc(-n2c3ccccc3c3ncccc32)ccc1-c1ccc(-n2c3ccccc3c3ncccc32)cc1C.c1ccc2c(c1)c1ccccc1n2-c1ccc(-c2ccc(Cc3ccc(-c4ccc(-n5c6ccccc6c6ccccc65)cc4)cc3)cc2)cc1. The van der Waals surface area contributed by atoms with E-state index in [1.165, 1.54) is 132 Å². The highest BCUT2D eigenvalue weighted by Gasteiger charge is 2.19. The average Bonchev–Trinajstić information content (AvgIpc) is 1.69. The van der Waals surface area contributed by atoms with Gasteiger partial charge in [0, 0.05) is 67.5 Å². The summed E-state index contributed by atoms with van der Waals surface area (Å²) in [5.41, 5.74) is 28.7. The third-order valence-electron chi connectivity index (χ3n) is 18.5. The first-order chi connectivity index (χ1) is 45.0. The van der Waals surface area contributed by atoms with Gasteiger partial charge in [-0.1, -0.05) is 194 Å². The second-order valence-electron chi connectivity index (χ2n) is 23.8. The summed E-state index contributed by atoms with van der Waals surface area (Å²) < 4.78 is 9.37. The van der Waals surface area contributed by atoms with Crippen LogP contribution in [0.2, 0.25) is 0 Å². The monoisotopic (exact) mass is 1160 g/mol. The molecule has 6 nitrogen and oxygen atoms in total. The van der Waals surface area contributed by atoms with Crippen LogP contribution in [-0.2, 0) is 6.42 Å². The minimum Gasteiger partial charge on any atom is -0.309 e. The van der Waals surface area contributed by atoms with Gasteiger partial charge in [-0.25, -0.2) is 0 Å². The van der Waals surface area contributed by atoms with Crippen LogP contribution in [0, 0.1) is 13.8 Å². The van der Waals surface area contributed by atoms with Gasteiger partial charge >= 0.3 is 0 Å². The van der Waals surface area contributed by atoms with E-state index in [1.807, 2.05) is 24.5 Å². The number of hydrogen-bond acceptors (Lipinski definition) is 2. The predicted molar refractivity (Wildman–Crippen MR) is 381 cm³/mol. The molecule has 6 aromatic heterocycles. The van der Waals surface area contributed by atoms with Gasteiger partial charge in [0.1, 0.15) is 0 Å². The minimum absolute atomic E-state index is 0.903. The molecule has 0 unspecified atom stereocenters. The molecule has 0 N–H and O–H groups in total. The first-order valence-electron chi connectivity index (χ1n) is 31.2. The Morgan fingerprint density at radius 3 is 0.835 bits per heavy atom. The normalized spacial score (nSPS) is 11.7. The van der Waals surface area contributed by atoms with Crippen LogP contribution in [0.4, 0.5) is 0 Å². The summed E-state index contributed by atoms with van der Waals surface area (Å²) in [5, 5.41) is 7.48. The Labute approximate surface area is 527 Å².